The Morgan fingerprint density at radius 2 is 1.96 bits per heavy atom. The van der Waals surface area contributed by atoms with E-state index in [-0.39, 0.29) is 62.5 Å². The Morgan fingerprint density at radius 3 is 2.76 bits per heavy atom. The summed E-state index contributed by atoms with van der Waals surface area (Å²) in [5.41, 5.74) is 2.01. The molecule has 0 bridgehead atoms. The maximum absolute atomic E-state index is 12.2. The molecular weight excluding hydrogens is 393 g/mol. The topological polar surface area (TPSA) is 56.5 Å². The molecule has 0 amide bonds. The van der Waals surface area contributed by atoms with Crippen molar-refractivity contribution in [2.24, 2.45) is 11.8 Å². The molecule has 1 aliphatic carbocycles. The molecule has 3 rings (SSSR count). The summed E-state index contributed by atoms with van der Waals surface area (Å²) < 4.78 is 11.0. The van der Waals surface area contributed by atoms with Gasteiger partial charge in [0.05, 0.1) is 25.2 Å². The summed E-state index contributed by atoms with van der Waals surface area (Å²) in [6, 6.07) is 7.90. The molecular formula is C20H23O4Y-. The third-order valence-electron chi connectivity index (χ3n) is 4.81. The van der Waals surface area contributed by atoms with Gasteiger partial charge in [0.1, 0.15) is 17.1 Å². The first kappa shape index (κ1) is 20.5. The first-order valence-electron chi connectivity index (χ1n) is 8.58. The van der Waals surface area contributed by atoms with Crippen molar-refractivity contribution in [2.45, 2.75) is 32.1 Å². The summed E-state index contributed by atoms with van der Waals surface area (Å²) in [6.45, 7) is 4.72. The average Bonchev–Trinajstić information content (AvgIpc) is 3.15. The first-order chi connectivity index (χ1) is 11.7. The smallest absolute Gasteiger partial charge is 0.146 e. The van der Waals surface area contributed by atoms with Crippen LogP contribution in [-0.2, 0) is 53.5 Å². The largest absolute Gasteiger partial charge is 0.464 e. The third-order valence-corrected chi connectivity index (χ3v) is 4.81. The predicted octanol–water partition coefficient (Wildman–Crippen LogP) is 3.77. The zero-order valence-corrected chi connectivity index (χ0v) is 17.2. The number of benzene rings is 1. The van der Waals surface area contributed by atoms with Gasteiger partial charge in [-0.25, -0.2) is 0 Å². The molecule has 0 N–H and O–H groups in total. The fourth-order valence-electron chi connectivity index (χ4n) is 3.45. The van der Waals surface area contributed by atoms with Crippen molar-refractivity contribution in [3.63, 3.8) is 0 Å². The molecule has 25 heavy (non-hydrogen) atoms. The molecule has 1 radical (unpaired) electrons. The van der Waals surface area contributed by atoms with Gasteiger partial charge in [-0.15, -0.1) is 0 Å². The van der Waals surface area contributed by atoms with Gasteiger partial charge >= 0.3 is 0 Å². The van der Waals surface area contributed by atoms with Crippen LogP contribution in [-0.4, -0.2) is 24.8 Å². The van der Waals surface area contributed by atoms with E-state index in [9.17, 15) is 9.59 Å². The molecule has 2 atom stereocenters. The molecule has 1 fully saturated rings. The van der Waals surface area contributed by atoms with Crippen molar-refractivity contribution in [2.75, 3.05) is 13.2 Å². The van der Waals surface area contributed by atoms with Crippen molar-refractivity contribution in [3.8, 4) is 0 Å². The molecule has 1 saturated carbocycles. The van der Waals surface area contributed by atoms with Crippen molar-refractivity contribution in [1.29, 1.82) is 0 Å². The fourth-order valence-corrected chi connectivity index (χ4v) is 3.45. The minimum Gasteiger partial charge on any atom is -0.464 e. The van der Waals surface area contributed by atoms with Gasteiger partial charge in [-0.2, -0.15) is 6.42 Å². The van der Waals surface area contributed by atoms with Crippen LogP contribution in [0.15, 0.2) is 34.9 Å². The Kier molecular flexibility index (Phi) is 7.98. The second kappa shape index (κ2) is 9.75. The van der Waals surface area contributed by atoms with Gasteiger partial charge in [0.15, 0.2) is 0 Å². The molecule has 131 valence electrons. The molecule has 1 aliphatic rings. The molecule has 0 spiro atoms. The second-order valence-corrected chi connectivity index (χ2v) is 6.39. The Hall–Kier alpha value is -0.836. The number of rotatable bonds is 8. The molecule has 1 aromatic heterocycles. The van der Waals surface area contributed by atoms with Crippen LogP contribution in [0.25, 0.3) is 11.0 Å². The van der Waals surface area contributed by atoms with Crippen molar-refractivity contribution < 1.29 is 51.5 Å². The number of furan rings is 1. The van der Waals surface area contributed by atoms with Crippen molar-refractivity contribution >= 4 is 22.5 Å². The number of hydrogen-bond acceptors (Lipinski definition) is 4. The van der Waals surface area contributed by atoms with E-state index < -0.39 is 0 Å². The maximum atomic E-state index is 12.2. The summed E-state index contributed by atoms with van der Waals surface area (Å²) in [7, 11) is 0. The minimum absolute atomic E-state index is 0. The minimum atomic E-state index is -0.286. The van der Waals surface area contributed by atoms with Crippen LogP contribution < -0.4 is 0 Å². The number of hydrogen-bond donors (Lipinski definition) is 0. The number of ketones is 2. The van der Waals surface area contributed by atoms with Gasteiger partial charge in [0.25, 0.3) is 0 Å². The van der Waals surface area contributed by atoms with Gasteiger partial charge < -0.3 is 16.1 Å². The summed E-state index contributed by atoms with van der Waals surface area (Å²) in [5.74, 6) is -0.420. The van der Waals surface area contributed by atoms with Crippen LogP contribution in [0, 0.1) is 18.8 Å². The summed E-state index contributed by atoms with van der Waals surface area (Å²) in [4.78, 5) is 24.3. The predicted molar refractivity (Wildman–Crippen MR) is 91.6 cm³/mol. The van der Waals surface area contributed by atoms with Gasteiger partial charge in [-0.05, 0) is 30.5 Å². The number of ether oxygens (including phenoxy) is 1. The molecule has 0 aliphatic heterocycles. The van der Waals surface area contributed by atoms with E-state index in [1.54, 1.807) is 6.26 Å². The van der Waals surface area contributed by atoms with E-state index in [0.29, 0.717) is 19.6 Å². The molecule has 0 unspecified atom stereocenters. The fraction of sp³-hybridized carbons (Fsp3) is 0.450. The Balaban J connectivity index is 0.00000225. The van der Waals surface area contributed by atoms with Gasteiger partial charge in [0.2, 0.25) is 0 Å². The van der Waals surface area contributed by atoms with Crippen molar-refractivity contribution in [1.82, 2.24) is 0 Å². The summed E-state index contributed by atoms with van der Waals surface area (Å²) >= 11 is 0. The molecule has 1 aromatic carbocycles. The number of carbonyl (C=O) groups excluding carboxylic acids is 2. The normalized spacial score (nSPS) is 20.2. The summed E-state index contributed by atoms with van der Waals surface area (Å²) in [5, 5.41) is 1.08. The molecule has 5 heteroatoms. The van der Waals surface area contributed by atoms with Crippen molar-refractivity contribution in [3.05, 3.63) is 43.0 Å². The van der Waals surface area contributed by atoms with Gasteiger partial charge in [0, 0.05) is 50.6 Å². The van der Waals surface area contributed by atoms with E-state index in [4.69, 9.17) is 9.15 Å². The maximum Gasteiger partial charge on any atom is 0.146 e. The number of carbonyl (C=O) groups is 2. The molecule has 0 saturated heterocycles. The van der Waals surface area contributed by atoms with Crippen LogP contribution in [0.5, 0.6) is 0 Å². The Bertz CT molecular complexity index is 721. The number of aryl methyl sites for hydroxylation is 1. The van der Waals surface area contributed by atoms with Crippen LogP contribution >= 0.6 is 0 Å². The van der Waals surface area contributed by atoms with Crippen LogP contribution in [0.4, 0.5) is 0 Å². The standard InChI is InChI=1S/C20H23O4.Y/c1-2-3-10-23-13-17-16(18(21)12-19(17)22)8-7-14-5-4-6-20-15(14)9-11-24-20;/h4-6,9,11,16-17H,1-3,7-8,10,12-13H2;/q-1;/t16-,17-;/m1./s1. The van der Waals surface area contributed by atoms with Crippen LogP contribution in [0.2, 0.25) is 0 Å². The number of fused-ring (bicyclic) bond motifs is 1. The quantitative estimate of drug-likeness (QED) is 0.374. The van der Waals surface area contributed by atoms with Gasteiger partial charge in [-0.3, -0.25) is 9.59 Å². The first-order valence-corrected chi connectivity index (χ1v) is 8.58. The number of unbranched alkanes of at least 4 members (excludes halogenated alkanes) is 1. The Morgan fingerprint density at radius 1 is 1.16 bits per heavy atom. The SMILES string of the molecule is [CH2-]CCCOC[C@H]1C(=O)CC(=O)[C@@H]1CCc1cccc2occc12.[Y]. The van der Waals surface area contributed by atoms with E-state index in [2.05, 4.69) is 13.0 Å². The van der Waals surface area contributed by atoms with E-state index >= 15 is 0 Å². The zero-order valence-electron chi connectivity index (χ0n) is 14.4. The number of Topliss-reactive ketones (excluding diaryl/α,β-unsaturated/α-hetero) is 2. The molecule has 1 heterocycles. The Labute approximate surface area is 173 Å². The van der Waals surface area contributed by atoms with E-state index in [1.807, 2.05) is 18.2 Å². The molecule has 2 aromatic rings. The molecule has 4 nitrogen and oxygen atoms in total. The zero-order chi connectivity index (χ0) is 16.9. The summed E-state index contributed by atoms with van der Waals surface area (Å²) in [6.07, 6.45) is 4.87. The van der Waals surface area contributed by atoms with Crippen LogP contribution in [0.1, 0.15) is 31.2 Å². The monoisotopic (exact) mass is 416 g/mol. The average molecular weight is 416 g/mol. The van der Waals surface area contributed by atoms with Crippen LogP contribution in [0.3, 0.4) is 0 Å². The van der Waals surface area contributed by atoms with E-state index in [0.717, 1.165) is 35.8 Å². The van der Waals surface area contributed by atoms with E-state index in [1.165, 1.54) is 0 Å². The van der Waals surface area contributed by atoms with Gasteiger partial charge in [-0.1, -0.05) is 18.6 Å². The second-order valence-electron chi connectivity index (χ2n) is 6.39. The third kappa shape index (κ3) is 4.87.